The van der Waals surface area contributed by atoms with Crippen molar-refractivity contribution in [2.45, 2.75) is 26.7 Å². The predicted molar refractivity (Wildman–Crippen MR) is 106 cm³/mol. The molecule has 0 atom stereocenters. The van der Waals surface area contributed by atoms with E-state index in [9.17, 15) is 14.4 Å². The van der Waals surface area contributed by atoms with Crippen LogP contribution in [-0.4, -0.2) is 36.0 Å². The van der Waals surface area contributed by atoms with Crippen LogP contribution < -0.4 is 15.4 Å². The summed E-state index contributed by atoms with van der Waals surface area (Å²) in [5.74, 6) is -1.02. The van der Waals surface area contributed by atoms with Gasteiger partial charge in [-0.25, -0.2) is 4.79 Å². The number of nitrogens with one attached hydrogen (secondary N) is 2. The SMILES string of the molecule is CCOc1ccccc1C(=O)NCCCC(=O)Nc1cc(C(=O)O)ccc1C. The van der Waals surface area contributed by atoms with Crippen molar-refractivity contribution in [3.63, 3.8) is 0 Å². The Morgan fingerprint density at radius 1 is 1.11 bits per heavy atom. The molecule has 0 heterocycles. The summed E-state index contributed by atoms with van der Waals surface area (Å²) in [5.41, 5.74) is 1.81. The lowest BCUT2D eigenvalue weighted by Gasteiger charge is -2.11. The van der Waals surface area contributed by atoms with Crippen LogP contribution in [0.4, 0.5) is 5.69 Å². The number of carboxylic acids is 1. The minimum atomic E-state index is -1.05. The number of anilines is 1. The fraction of sp³-hybridized carbons (Fsp3) is 0.286. The van der Waals surface area contributed by atoms with Gasteiger partial charge in [-0.2, -0.15) is 0 Å². The van der Waals surface area contributed by atoms with Crippen molar-refractivity contribution in [1.82, 2.24) is 5.32 Å². The summed E-state index contributed by atoms with van der Waals surface area (Å²) in [6.07, 6.45) is 0.649. The molecule has 0 bridgehead atoms. The third-order valence-electron chi connectivity index (χ3n) is 4.06. The molecule has 0 aliphatic carbocycles. The van der Waals surface area contributed by atoms with E-state index in [0.717, 1.165) is 5.56 Å². The Morgan fingerprint density at radius 2 is 1.86 bits per heavy atom. The van der Waals surface area contributed by atoms with Crippen molar-refractivity contribution >= 4 is 23.5 Å². The van der Waals surface area contributed by atoms with Crippen LogP contribution >= 0.6 is 0 Å². The number of benzene rings is 2. The van der Waals surface area contributed by atoms with E-state index in [1.807, 2.05) is 6.92 Å². The van der Waals surface area contributed by atoms with Crippen molar-refractivity contribution in [3.05, 3.63) is 59.2 Å². The number of rotatable bonds is 9. The third-order valence-corrected chi connectivity index (χ3v) is 4.06. The van der Waals surface area contributed by atoms with Gasteiger partial charge in [-0.05, 0) is 50.1 Å². The van der Waals surface area contributed by atoms with Gasteiger partial charge in [0.1, 0.15) is 5.75 Å². The van der Waals surface area contributed by atoms with Crippen molar-refractivity contribution in [1.29, 1.82) is 0 Å². The van der Waals surface area contributed by atoms with Crippen LogP contribution in [0.25, 0.3) is 0 Å². The maximum Gasteiger partial charge on any atom is 0.335 e. The van der Waals surface area contributed by atoms with E-state index in [4.69, 9.17) is 9.84 Å². The number of amides is 2. The number of ether oxygens (including phenoxy) is 1. The minimum Gasteiger partial charge on any atom is -0.493 e. The molecule has 0 aromatic heterocycles. The van der Waals surface area contributed by atoms with Crippen LogP contribution in [0.15, 0.2) is 42.5 Å². The Hall–Kier alpha value is -3.35. The molecule has 0 saturated heterocycles. The number of hydrogen-bond donors (Lipinski definition) is 3. The van der Waals surface area contributed by atoms with E-state index < -0.39 is 5.97 Å². The molecule has 0 fully saturated rings. The topological polar surface area (TPSA) is 105 Å². The van der Waals surface area contributed by atoms with Gasteiger partial charge in [-0.1, -0.05) is 18.2 Å². The molecule has 3 N–H and O–H groups in total. The van der Waals surface area contributed by atoms with Crippen LogP contribution in [-0.2, 0) is 4.79 Å². The maximum atomic E-state index is 12.3. The first-order valence-corrected chi connectivity index (χ1v) is 9.06. The molecule has 0 saturated carbocycles. The summed E-state index contributed by atoms with van der Waals surface area (Å²) >= 11 is 0. The second-order valence-corrected chi connectivity index (χ2v) is 6.17. The molecule has 7 heteroatoms. The number of aryl methyl sites for hydroxylation is 1. The number of aromatic carboxylic acids is 1. The minimum absolute atomic E-state index is 0.112. The monoisotopic (exact) mass is 384 g/mol. The second kappa shape index (κ2) is 10.1. The number of carbonyl (C=O) groups excluding carboxylic acids is 2. The summed E-state index contributed by atoms with van der Waals surface area (Å²) in [6, 6.07) is 11.6. The van der Waals surface area contributed by atoms with E-state index in [1.54, 1.807) is 37.3 Å². The van der Waals surface area contributed by atoms with Gasteiger partial charge in [-0.15, -0.1) is 0 Å². The van der Waals surface area contributed by atoms with Crippen molar-refractivity contribution in [2.75, 3.05) is 18.5 Å². The smallest absolute Gasteiger partial charge is 0.335 e. The fourth-order valence-electron chi connectivity index (χ4n) is 2.58. The highest BCUT2D eigenvalue weighted by Gasteiger charge is 2.12. The van der Waals surface area contributed by atoms with Crippen molar-refractivity contribution in [2.24, 2.45) is 0 Å². The Morgan fingerprint density at radius 3 is 2.57 bits per heavy atom. The normalized spacial score (nSPS) is 10.2. The van der Waals surface area contributed by atoms with E-state index in [2.05, 4.69) is 10.6 Å². The standard InChI is InChI=1S/C21H24N2O5/c1-3-28-18-8-5-4-7-16(18)20(25)22-12-6-9-19(24)23-17-13-15(21(26)27)11-10-14(17)2/h4-5,7-8,10-11,13H,3,6,9,12H2,1-2H3,(H,22,25)(H,23,24)(H,26,27). The molecule has 2 rings (SSSR count). The molecule has 0 aliphatic heterocycles. The van der Waals surface area contributed by atoms with Crippen LogP contribution in [0.3, 0.4) is 0 Å². The molecule has 0 unspecified atom stereocenters. The summed E-state index contributed by atoms with van der Waals surface area (Å²) in [6.45, 7) is 4.44. The molecule has 0 radical (unpaired) electrons. The molecule has 2 amide bonds. The predicted octanol–water partition coefficient (Wildman–Crippen LogP) is 3.24. The summed E-state index contributed by atoms with van der Waals surface area (Å²) < 4.78 is 5.44. The highest BCUT2D eigenvalue weighted by molar-refractivity contribution is 5.97. The second-order valence-electron chi connectivity index (χ2n) is 6.17. The number of para-hydroxylation sites is 1. The summed E-state index contributed by atoms with van der Waals surface area (Å²) in [5, 5.41) is 14.5. The van der Waals surface area contributed by atoms with Gasteiger partial charge in [0.05, 0.1) is 17.7 Å². The van der Waals surface area contributed by atoms with Gasteiger partial charge in [0.25, 0.3) is 5.91 Å². The van der Waals surface area contributed by atoms with Gasteiger partial charge in [0.15, 0.2) is 0 Å². The molecule has 7 nitrogen and oxygen atoms in total. The van der Waals surface area contributed by atoms with Gasteiger partial charge in [0, 0.05) is 18.7 Å². The lowest BCUT2D eigenvalue weighted by atomic mass is 10.1. The molecule has 148 valence electrons. The van der Waals surface area contributed by atoms with Crippen LogP contribution in [0.5, 0.6) is 5.75 Å². The summed E-state index contributed by atoms with van der Waals surface area (Å²) in [4.78, 5) is 35.4. The van der Waals surface area contributed by atoms with Gasteiger partial charge >= 0.3 is 5.97 Å². The lowest BCUT2D eigenvalue weighted by Crippen LogP contribution is -2.26. The van der Waals surface area contributed by atoms with E-state index >= 15 is 0 Å². The fourth-order valence-corrected chi connectivity index (χ4v) is 2.58. The first kappa shape index (κ1) is 21.0. The Kier molecular flexibility index (Phi) is 7.56. The first-order valence-electron chi connectivity index (χ1n) is 9.06. The number of hydrogen-bond acceptors (Lipinski definition) is 4. The molecule has 2 aromatic rings. The Labute approximate surface area is 163 Å². The molecule has 0 spiro atoms. The van der Waals surface area contributed by atoms with Gasteiger partial charge < -0.3 is 20.5 Å². The first-order chi connectivity index (χ1) is 13.4. The van der Waals surface area contributed by atoms with Gasteiger partial charge in [0.2, 0.25) is 5.91 Å². The van der Waals surface area contributed by atoms with E-state index in [0.29, 0.717) is 36.6 Å². The number of carboxylic acid groups (broad SMARTS) is 1. The van der Waals surface area contributed by atoms with Crippen molar-refractivity contribution in [3.8, 4) is 5.75 Å². The molecule has 0 aliphatic rings. The number of carbonyl (C=O) groups is 3. The highest BCUT2D eigenvalue weighted by atomic mass is 16.5. The Bertz CT molecular complexity index is 864. The zero-order valence-corrected chi connectivity index (χ0v) is 16.0. The molecule has 2 aromatic carbocycles. The molecular weight excluding hydrogens is 360 g/mol. The van der Waals surface area contributed by atoms with Gasteiger partial charge in [-0.3, -0.25) is 9.59 Å². The van der Waals surface area contributed by atoms with E-state index in [-0.39, 0.29) is 23.8 Å². The lowest BCUT2D eigenvalue weighted by molar-refractivity contribution is -0.116. The van der Waals surface area contributed by atoms with Crippen LogP contribution in [0.1, 0.15) is 46.0 Å². The average Bonchev–Trinajstić information content (AvgIpc) is 2.67. The van der Waals surface area contributed by atoms with Crippen LogP contribution in [0.2, 0.25) is 0 Å². The average molecular weight is 384 g/mol. The van der Waals surface area contributed by atoms with Crippen LogP contribution in [0, 0.1) is 6.92 Å². The quantitative estimate of drug-likeness (QED) is 0.576. The van der Waals surface area contributed by atoms with Crippen molar-refractivity contribution < 1.29 is 24.2 Å². The third kappa shape index (κ3) is 5.84. The Balaban J connectivity index is 1.82. The highest BCUT2D eigenvalue weighted by Crippen LogP contribution is 2.18. The largest absolute Gasteiger partial charge is 0.493 e. The maximum absolute atomic E-state index is 12.3. The zero-order valence-electron chi connectivity index (χ0n) is 16.0. The molecular formula is C21H24N2O5. The molecule has 28 heavy (non-hydrogen) atoms. The summed E-state index contributed by atoms with van der Waals surface area (Å²) in [7, 11) is 0. The zero-order chi connectivity index (χ0) is 20.5. The van der Waals surface area contributed by atoms with E-state index in [1.165, 1.54) is 12.1 Å².